The minimum Gasteiger partial charge on any atom is -0.348 e. The van der Waals surface area contributed by atoms with Gasteiger partial charge in [0.1, 0.15) is 12.2 Å². The Labute approximate surface area is 152 Å². The molecule has 0 unspecified atom stereocenters. The second kappa shape index (κ2) is 6.94. The zero-order valence-electron chi connectivity index (χ0n) is 14.6. The number of carbonyl (C=O) groups is 2. The van der Waals surface area contributed by atoms with Crippen molar-refractivity contribution < 1.29 is 14.0 Å². The van der Waals surface area contributed by atoms with Gasteiger partial charge >= 0.3 is 0 Å². The summed E-state index contributed by atoms with van der Waals surface area (Å²) in [7, 11) is 0. The van der Waals surface area contributed by atoms with Crippen LogP contribution in [0.4, 0.5) is 4.39 Å². The molecule has 5 nitrogen and oxygen atoms in total. The Balaban J connectivity index is 1.60. The van der Waals surface area contributed by atoms with Gasteiger partial charge < -0.3 is 14.4 Å². The maximum Gasteiger partial charge on any atom is 0.232 e. The molecule has 0 saturated carbocycles. The van der Waals surface area contributed by atoms with E-state index in [0.717, 1.165) is 37.2 Å². The second-order valence-electron chi connectivity index (χ2n) is 6.93. The van der Waals surface area contributed by atoms with Crippen LogP contribution in [0.25, 0.3) is 0 Å². The van der Waals surface area contributed by atoms with Crippen molar-refractivity contribution in [3.05, 3.63) is 59.7 Å². The van der Waals surface area contributed by atoms with E-state index in [0.29, 0.717) is 13.1 Å². The lowest BCUT2D eigenvalue weighted by molar-refractivity contribution is -0.141. The molecule has 0 spiro atoms. The van der Waals surface area contributed by atoms with Crippen LogP contribution in [0.2, 0.25) is 0 Å². The standard InChI is InChI=1S/C20H22FN3O2/c21-16-7-5-15(6-8-16)20-17-4-3-11-22(17)12-13-24(20)19(26)14-18(25)23-9-1-2-10-23/h3-8,11,20H,1-2,9-10,12-14H2/t20-/m0/s1. The summed E-state index contributed by atoms with van der Waals surface area (Å²) < 4.78 is 15.5. The Bertz CT molecular complexity index is 809. The van der Waals surface area contributed by atoms with Crippen molar-refractivity contribution in [1.29, 1.82) is 0 Å². The summed E-state index contributed by atoms with van der Waals surface area (Å²) >= 11 is 0. The van der Waals surface area contributed by atoms with Gasteiger partial charge in [-0.15, -0.1) is 0 Å². The van der Waals surface area contributed by atoms with E-state index in [9.17, 15) is 14.0 Å². The molecule has 0 bridgehead atoms. The first-order valence-electron chi connectivity index (χ1n) is 9.11. The maximum atomic E-state index is 13.4. The molecule has 0 radical (unpaired) electrons. The molecule has 26 heavy (non-hydrogen) atoms. The van der Waals surface area contributed by atoms with Crippen LogP contribution in [0, 0.1) is 5.82 Å². The Morgan fingerprint density at radius 1 is 0.962 bits per heavy atom. The summed E-state index contributed by atoms with van der Waals surface area (Å²) in [6, 6.07) is 9.89. The molecule has 2 amide bonds. The highest BCUT2D eigenvalue weighted by atomic mass is 19.1. The van der Waals surface area contributed by atoms with Gasteiger partial charge in [-0.1, -0.05) is 12.1 Å². The predicted molar refractivity (Wildman–Crippen MR) is 94.8 cm³/mol. The van der Waals surface area contributed by atoms with E-state index >= 15 is 0 Å². The molecule has 6 heteroatoms. The average molecular weight is 355 g/mol. The van der Waals surface area contributed by atoms with Crippen molar-refractivity contribution in [3.8, 4) is 0 Å². The van der Waals surface area contributed by atoms with Crippen LogP contribution in [-0.2, 0) is 16.1 Å². The lowest BCUT2D eigenvalue weighted by atomic mass is 9.99. The fraction of sp³-hybridized carbons (Fsp3) is 0.400. The number of amides is 2. The van der Waals surface area contributed by atoms with Gasteiger partial charge in [0.25, 0.3) is 0 Å². The molecule has 4 rings (SSSR count). The van der Waals surface area contributed by atoms with Gasteiger partial charge in [-0.25, -0.2) is 4.39 Å². The lowest BCUT2D eigenvalue weighted by Crippen LogP contribution is -2.44. The van der Waals surface area contributed by atoms with Gasteiger partial charge in [0.2, 0.25) is 11.8 Å². The van der Waals surface area contributed by atoms with Crippen LogP contribution in [0.5, 0.6) is 0 Å². The summed E-state index contributed by atoms with van der Waals surface area (Å²) in [4.78, 5) is 28.9. The molecule has 1 fully saturated rings. The highest BCUT2D eigenvalue weighted by Gasteiger charge is 2.33. The molecule has 0 aliphatic carbocycles. The van der Waals surface area contributed by atoms with Crippen molar-refractivity contribution in [2.24, 2.45) is 0 Å². The summed E-state index contributed by atoms with van der Waals surface area (Å²) in [5, 5.41) is 0. The summed E-state index contributed by atoms with van der Waals surface area (Å²) in [5.74, 6) is -0.558. The Morgan fingerprint density at radius 2 is 1.69 bits per heavy atom. The van der Waals surface area contributed by atoms with Crippen molar-refractivity contribution in [1.82, 2.24) is 14.4 Å². The van der Waals surface area contributed by atoms with E-state index < -0.39 is 0 Å². The second-order valence-corrected chi connectivity index (χ2v) is 6.93. The highest BCUT2D eigenvalue weighted by Crippen LogP contribution is 2.33. The number of hydrogen-bond acceptors (Lipinski definition) is 2. The third-order valence-electron chi connectivity index (χ3n) is 5.31. The number of rotatable bonds is 3. The van der Waals surface area contributed by atoms with Gasteiger partial charge in [-0.05, 0) is 42.7 Å². The molecule has 1 aromatic carbocycles. The SMILES string of the molecule is O=C(CC(=O)N1CCn2cccc2[C@@H]1c1ccc(F)cc1)N1CCCC1. The van der Waals surface area contributed by atoms with Crippen LogP contribution in [-0.4, -0.2) is 45.8 Å². The van der Waals surface area contributed by atoms with Crippen molar-refractivity contribution in [3.63, 3.8) is 0 Å². The molecule has 2 aliphatic rings. The number of likely N-dealkylation sites (tertiary alicyclic amines) is 1. The van der Waals surface area contributed by atoms with E-state index in [1.807, 2.05) is 18.3 Å². The normalized spacial score (nSPS) is 19.5. The van der Waals surface area contributed by atoms with E-state index in [1.165, 1.54) is 12.1 Å². The first kappa shape index (κ1) is 16.8. The molecule has 2 aliphatic heterocycles. The van der Waals surface area contributed by atoms with E-state index in [2.05, 4.69) is 4.57 Å². The third-order valence-corrected chi connectivity index (χ3v) is 5.31. The predicted octanol–water partition coefficient (Wildman–Crippen LogP) is 2.57. The van der Waals surface area contributed by atoms with Gasteiger partial charge in [0.15, 0.2) is 0 Å². The minimum atomic E-state index is -0.304. The summed E-state index contributed by atoms with van der Waals surface area (Å²) in [6.07, 6.45) is 3.91. The monoisotopic (exact) mass is 355 g/mol. The molecule has 1 saturated heterocycles. The van der Waals surface area contributed by atoms with Crippen LogP contribution in [0.15, 0.2) is 42.6 Å². The van der Waals surface area contributed by atoms with E-state index in [4.69, 9.17) is 0 Å². The largest absolute Gasteiger partial charge is 0.348 e. The average Bonchev–Trinajstić information content (AvgIpc) is 3.33. The Hall–Kier alpha value is -2.63. The number of halogens is 1. The maximum absolute atomic E-state index is 13.4. The van der Waals surface area contributed by atoms with Crippen LogP contribution in [0.3, 0.4) is 0 Å². The Kier molecular flexibility index (Phi) is 4.49. The smallest absolute Gasteiger partial charge is 0.232 e. The minimum absolute atomic E-state index is 0.0914. The van der Waals surface area contributed by atoms with Crippen LogP contribution >= 0.6 is 0 Å². The zero-order valence-corrected chi connectivity index (χ0v) is 14.6. The number of fused-ring (bicyclic) bond motifs is 1. The topological polar surface area (TPSA) is 45.6 Å². The van der Waals surface area contributed by atoms with Gasteiger partial charge in [-0.2, -0.15) is 0 Å². The lowest BCUT2D eigenvalue weighted by Gasteiger charge is -2.37. The quantitative estimate of drug-likeness (QED) is 0.795. The summed E-state index contributed by atoms with van der Waals surface area (Å²) in [5.41, 5.74) is 1.85. The van der Waals surface area contributed by atoms with Crippen LogP contribution in [0.1, 0.15) is 36.6 Å². The number of hydrogen-bond donors (Lipinski definition) is 0. The number of benzene rings is 1. The number of nitrogens with zero attached hydrogens (tertiary/aromatic N) is 3. The first-order valence-corrected chi connectivity index (χ1v) is 9.11. The van der Waals surface area contributed by atoms with Crippen molar-refractivity contribution >= 4 is 11.8 Å². The molecule has 2 aromatic rings. The summed E-state index contributed by atoms with van der Waals surface area (Å²) in [6.45, 7) is 2.73. The molecular weight excluding hydrogens is 333 g/mol. The first-order chi connectivity index (χ1) is 12.6. The number of carbonyl (C=O) groups excluding carboxylic acids is 2. The molecule has 3 heterocycles. The highest BCUT2D eigenvalue weighted by molar-refractivity contribution is 5.97. The molecule has 0 N–H and O–H groups in total. The van der Waals surface area contributed by atoms with Crippen molar-refractivity contribution in [2.45, 2.75) is 31.8 Å². The van der Waals surface area contributed by atoms with E-state index in [1.54, 1.807) is 21.9 Å². The molecular formula is C20H22FN3O2. The van der Waals surface area contributed by atoms with E-state index in [-0.39, 0.29) is 30.1 Å². The molecule has 136 valence electrons. The molecule has 1 atom stereocenters. The fourth-order valence-electron chi connectivity index (χ4n) is 3.96. The number of aromatic nitrogens is 1. The zero-order chi connectivity index (χ0) is 18.1. The Morgan fingerprint density at radius 3 is 2.42 bits per heavy atom. The van der Waals surface area contributed by atoms with Gasteiger partial charge in [0, 0.05) is 38.1 Å². The fourth-order valence-corrected chi connectivity index (χ4v) is 3.96. The van der Waals surface area contributed by atoms with Crippen molar-refractivity contribution in [2.75, 3.05) is 19.6 Å². The third kappa shape index (κ3) is 3.11. The van der Waals surface area contributed by atoms with Gasteiger partial charge in [-0.3, -0.25) is 9.59 Å². The van der Waals surface area contributed by atoms with Crippen LogP contribution < -0.4 is 0 Å². The molecule has 1 aromatic heterocycles. The van der Waals surface area contributed by atoms with Gasteiger partial charge in [0.05, 0.1) is 6.04 Å².